The Hall–Kier alpha value is -3.41. The number of anilines is 3. The molecule has 3 aromatic rings. The molecule has 0 aliphatic carbocycles. The maximum atomic E-state index is 13.0. The quantitative estimate of drug-likeness (QED) is 0.712. The van der Waals surface area contributed by atoms with Gasteiger partial charge < -0.3 is 15.0 Å². The fourth-order valence-electron chi connectivity index (χ4n) is 2.78. The average Bonchev–Trinajstić information content (AvgIpc) is 2.69. The first-order chi connectivity index (χ1) is 13.1. The summed E-state index contributed by atoms with van der Waals surface area (Å²) in [6.45, 7) is 4.26. The molecule has 1 amide bonds. The lowest BCUT2D eigenvalue weighted by atomic mass is 10.2. The van der Waals surface area contributed by atoms with Crippen LogP contribution in [0.25, 0.3) is 0 Å². The number of hydrogen-bond acceptors (Lipinski definition) is 5. The second-order valence-corrected chi connectivity index (χ2v) is 5.93. The highest BCUT2D eigenvalue weighted by Crippen LogP contribution is 2.22. The van der Waals surface area contributed by atoms with E-state index in [-0.39, 0.29) is 5.91 Å². The highest BCUT2D eigenvalue weighted by Gasteiger charge is 2.18. The minimum atomic E-state index is -0.164. The molecule has 0 saturated carbocycles. The van der Waals surface area contributed by atoms with Gasteiger partial charge in [0.2, 0.25) is 0 Å². The Balaban J connectivity index is 1.89. The van der Waals surface area contributed by atoms with Gasteiger partial charge in [-0.2, -0.15) is 0 Å². The molecule has 6 heteroatoms. The largest absolute Gasteiger partial charge is 0.497 e. The lowest BCUT2D eigenvalue weighted by Crippen LogP contribution is -2.31. The van der Waals surface area contributed by atoms with Crippen LogP contribution in [0, 0.1) is 6.92 Å². The molecule has 0 aliphatic rings. The molecule has 1 N–H and O–H groups in total. The number of hydrogen-bond donors (Lipinski definition) is 1. The molecule has 0 aliphatic heterocycles. The molecule has 0 radical (unpaired) electrons. The van der Waals surface area contributed by atoms with Gasteiger partial charge in [0, 0.05) is 30.1 Å². The molecule has 3 rings (SSSR count). The summed E-state index contributed by atoms with van der Waals surface area (Å²) in [4.78, 5) is 23.4. The van der Waals surface area contributed by atoms with Crippen LogP contribution >= 0.6 is 0 Å². The first kappa shape index (κ1) is 18.4. The molecule has 0 spiro atoms. The summed E-state index contributed by atoms with van der Waals surface area (Å²) in [5.74, 6) is 1.66. The molecule has 2 aromatic carbocycles. The van der Waals surface area contributed by atoms with E-state index < -0.39 is 0 Å². The van der Waals surface area contributed by atoms with Crippen LogP contribution in [0.4, 0.5) is 17.2 Å². The molecule has 0 saturated heterocycles. The Labute approximate surface area is 158 Å². The fourth-order valence-corrected chi connectivity index (χ4v) is 2.78. The number of benzene rings is 2. The van der Waals surface area contributed by atoms with Crippen molar-refractivity contribution in [1.29, 1.82) is 0 Å². The second kappa shape index (κ2) is 8.31. The van der Waals surface area contributed by atoms with Crippen LogP contribution in [0.3, 0.4) is 0 Å². The molecule has 27 heavy (non-hydrogen) atoms. The van der Waals surface area contributed by atoms with Crippen molar-refractivity contribution in [3.8, 4) is 5.75 Å². The van der Waals surface area contributed by atoms with Crippen molar-refractivity contribution in [2.24, 2.45) is 0 Å². The highest BCUT2D eigenvalue weighted by atomic mass is 16.5. The first-order valence-corrected chi connectivity index (χ1v) is 8.74. The van der Waals surface area contributed by atoms with Gasteiger partial charge in [0.05, 0.1) is 7.11 Å². The molecule has 0 atom stereocenters. The first-order valence-electron chi connectivity index (χ1n) is 8.74. The van der Waals surface area contributed by atoms with Gasteiger partial charge in [0.25, 0.3) is 5.91 Å². The summed E-state index contributed by atoms with van der Waals surface area (Å²) in [5, 5.41) is 3.21. The molecular formula is C21H22N4O2. The lowest BCUT2D eigenvalue weighted by molar-refractivity contribution is 0.0983. The number of aryl methyl sites for hydroxylation is 1. The molecule has 0 bridgehead atoms. The van der Waals surface area contributed by atoms with Crippen LogP contribution in [0.15, 0.2) is 60.7 Å². The summed E-state index contributed by atoms with van der Waals surface area (Å²) in [5.41, 5.74) is 2.00. The van der Waals surface area contributed by atoms with Crippen molar-refractivity contribution in [3.05, 3.63) is 72.2 Å². The number of ether oxygens (including phenoxy) is 1. The minimum absolute atomic E-state index is 0.164. The van der Waals surface area contributed by atoms with E-state index >= 15 is 0 Å². The van der Waals surface area contributed by atoms with Crippen molar-refractivity contribution in [1.82, 2.24) is 9.97 Å². The van der Waals surface area contributed by atoms with Gasteiger partial charge in [-0.15, -0.1) is 0 Å². The molecule has 0 unspecified atom stereocenters. The SMILES string of the molecule is CCN(C(=O)c1cc(Nc2cccc(OC)c2)nc(C)n1)c1ccccc1. The van der Waals surface area contributed by atoms with E-state index in [4.69, 9.17) is 4.74 Å². The van der Waals surface area contributed by atoms with Crippen molar-refractivity contribution in [2.45, 2.75) is 13.8 Å². The zero-order chi connectivity index (χ0) is 19.2. The summed E-state index contributed by atoms with van der Waals surface area (Å²) < 4.78 is 5.24. The van der Waals surface area contributed by atoms with Crippen LogP contribution in [0.5, 0.6) is 5.75 Å². The number of carbonyl (C=O) groups is 1. The predicted molar refractivity (Wildman–Crippen MR) is 107 cm³/mol. The number of methoxy groups -OCH3 is 1. The van der Waals surface area contributed by atoms with Crippen LogP contribution in [-0.4, -0.2) is 29.5 Å². The second-order valence-electron chi connectivity index (χ2n) is 5.93. The zero-order valence-corrected chi connectivity index (χ0v) is 15.6. The Morgan fingerprint density at radius 3 is 2.56 bits per heavy atom. The van der Waals surface area contributed by atoms with Gasteiger partial charge in [-0.25, -0.2) is 9.97 Å². The van der Waals surface area contributed by atoms with E-state index in [2.05, 4.69) is 15.3 Å². The summed E-state index contributed by atoms with van der Waals surface area (Å²) in [6.07, 6.45) is 0. The van der Waals surface area contributed by atoms with Crippen LogP contribution in [-0.2, 0) is 0 Å². The molecule has 1 aromatic heterocycles. The Morgan fingerprint density at radius 2 is 1.85 bits per heavy atom. The smallest absolute Gasteiger partial charge is 0.277 e. The number of nitrogens with one attached hydrogen (secondary N) is 1. The van der Waals surface area contributed by atoms with E-state index in [1.54, 1.807) is 25.0 Å². The number of carbonyl (C=O) groups excluding carboxylic acids is 1. The van der Waals surface area contributed by atoms with E-state index in [0.29, 0.717) is 23.9 Å². The van der Waals surface area contributed by atoms with Crippen molar-refractivity contribution < 1.29 is 9.53 Å². The maximum Gasteiger partial charge on any atom is 0.277 e. The number of rotatable bonds is 6. The van der Waals surface area contributed by atoms with Crippen LogP contribution < -0.4 is 15.0 Å². The third-order valence-electron chi connectivity index (χ3n) is 4.03. The number of para-hydroxylation sites is 1. The van der Waals surface area contributed by atoms with Crippen molar-refractivity contribution in [2.75, 3.05) is 23.9 Å². The summed E-state index contributed by atoms with van der Waals surface area (Å²) >= 11 is 0. The van der Waals surface area contributed by atoms with Gasteiger partial charge in [-0.05, 0) is 38.1 Å². The van der Waals surface area contributed by atoms with Crippen LogP contribution in [0.2, 0.25) is 0 Å². The minimum Gasteiger partial charge on any atom is -0.497 e. The molecule has 1 heterocycles. The highest BCUT2D eigenvalue weighted by molar-refractivity contribution is 6.05. The molecule has 0 fully saturated rings. The monoisotopic (exact) mass is 362 g/mol. The lowest BCUT2D eigenvalue weighted by Gasteiger charge is -2.21. The average molecular weight is 362 g/mol. The summed E-state index contributed by atoms with van der Waals surface area (Å²) in [6, 6.07) is 18.7. The predicted octanol–water partition coefficient (Wildman–Crippen LogP) is 4.20. The summed E-state index contributed by atoms with van der Waals surface area (Å²) in [7, 11) is 1.62. The third-order valence-corrected chi connectivity index (χ3v) is 4.03. The van der Waals surface area contributed by atoms with Crippen molar-refractivity contribution >= 4 is 23.1 Å². The van der Waals surface area contributed by atoms with E-state index in [1.807, 2.05) is 61.5 Å². The Bertz CT molecular complexity index is 928. The maximum absolute atomic E-state index is 13.0. The standard InChI is InChI=1S/C21H22N4O2/c1-4-25(17-10-6-5-7-11-17)21(26)19-14-20(23-15(2)22-19)24-16-9-8-12-18(13-16)27-3/h5-14H,4H2,1-3H3,(H,22,23,24). The molecule has 138 valence electrons. The van der Waals surface area contributed by atoms with Crippen molar-refractivity contribution in [3.63, 3.8) is 0 Å². The van der Waals surface area contributed by atoms with Gasteiger partial charge in [0.15, 0.2) is 0 Å². The van der Waals surface area contributed by atoms with Gasteiger partial charge >= 0.3 is 0 Å². The normalized spacial score (nSPS) is 10.3. The third kappa shape index (κ3) is 4.41. The number of amides is 1. The molecule has 6 nitrogen and oxygen atoms in total. The molecular weight excluding hydrogens is 340 g/mol. The number of aromatic nitrogens is 2. The van der Waals surface area contributed by atoms with Gasteiger partial charge in [0.1, 0.15) is 23.1 Å². The van der Waals surface area contributed by atoms with Crippen LogP contribution in [0.1, 0.15) is 23.2 Å². The topological polar surface area (TPSA) is 67.4 Å². The zero-order valence-electron chi connectivity index (χ0n) is 15.6. The Kier molecular flexibility index (Phi) is 5.66. The van der Waals surface area contributed by atoms with E-state index in [0.717, 1.165) is 17.1 Å². The van der Waals surface area contributed by atoms with Gasteiger partial charge in [-0.1, -0.05) is 24.3 Å². The van der Waals surface area contributed by atoms with Gasteiger partial charge in [-0.3, -0.25) is 4.79 Å². The number of nitrogens with zero attached hydrogens (tertiary/aromatic N) is 3. The Morgan fingerprint density at radius 1 is 1.07 bits per heavy atom. The fraction of sp³-hybridized carbons (Fsp3) is 0.190. The van der Waals surface area contributed by atoms with E-state index in [1.165, 1.54) is 0 Å². The van der Waals surface area contributed by atoms with E-state index in [9.17, 15) is 4.79 Å².